The molecule has 0 aromatic heterocycles. The highest BCUT2D eigenvalue weighted by Crippen LogP contribution is 2.32. The van der Waals surface area contributed by atoms with Gasteiger partial charge in [0.1, 0.15) is 30.5 Å². The molecule has 0 spiro atoms. The molecule has 1 aliphatic heterocycles. The van der Waals surface area contributed by atoms with Crippen molar-refractivity contribution in [2.75, 3.05) is 13.2 Å². The van der Waals surface area contributed by atoms with E-state index >= 15 is 0 Å². The first kappa shape index (κ1) is 38.3. The van der Waals surface area contributed by atoms with Crippen molar-refractivity contribution in [1.29, 1.82) is 0 Å². The summed E-state index contributed by atoms with van der Waals surface area (Å²) in [5, 5.41) is 9.46. The molecule has 0 aliphatic carbocycles. The average Bonchev–Trinajstić information content (AvgIpc) is 3.17. The third-order valence-electron chi connectivity index (χ3n) is 8.40. The molecule has 9 nitrogen and oxygen atoms in total. The van der Waals surface area contributed by atoms with Crippen LogP contribution in [0.25, 0.3) is 0 Å². The highest BCUT2D eigenvalue weighted by atomic mass is 16.6. The molecule has 1 saturated heterocycles. The number of carboxylic acids is 1. The molecule has 0 unspecified atom stereocenters. The molecule has 52 heavy (non-hydrogen) atoms. The van der Waals surface area contributed by atoms with Gasteiger partial charge >= 0.3 is 11.9 Å². The van der Waals surface area contributed by atoms with Gasteiger partial charge in [-0.05, 0) is 29.2 Å². The highest BCUT2D eigenvalue weighted by Gasteiger charge is 2.47. The normalized spacial score (nSPS) is 20.5. The molecule has 1 aliphatic rings. The number of benzene rings is 4. The molecular formula is C43H46O9. The Bertz CT molecular complexity index is 1690. The minimum Gasteiger partial charge on any atom is -0.481 e. The van der Waals surface area contributed by atoms with Crippen molar-refractivity contribution < 1.29 is 43.1 Å². The summed E-state index contributed by atoms with van der Waals surface area (Å²) >= 11 is 0. The maximum absolute atomic E-state index is 12.6. The van der Waals surface area contributed by atoms with Gasteiger partial charge in [0.15, 0.2) is 0 Å². The van der Waals surface area contributed by atoms with Gasteiger partial charge in [0.25, 0.3) is 0 Å². The summed E-state index contributed by atoms with van der Waals surface area (Å²) in [6, 6.07) is 39.5. The molecular weight excluding hydrogens is 660 g/mol. The lowest BCUT2D eigenvalue weighted by molar-refractivity contribution is -0.263. The first-order chi connectivity index (χ1) is 25.5. The number of carbonyl (C=O) groups excluding carboxylic acids is 1. The van der Waals surface area contributed by atoms with Gasteiger partial charge in [-0.3, -0.25) is 4.79 Å². The Hall–Kier alpha value is -4.90. The topological polar surface area (TPSA) is 110 Å². The summed E-state index contributed by atoms with van der Waals surface area (Å²) in [5.74, 6) is -1.84. The van der Waals surface area contributed by atoms with Crippen LogP contribution < -0.4 is 0 Å². The standard InChI is InChI=1S/C43H46O9/c1-2-48-43(46)36(26-39(44)45)24-15-25-37-40(49-28-33-18-9-4-10-19-33)42(51-30-35-22-13-6-14-23-35)41(50-29-34-20-11-5-12-21-34)38(52-37)31-47-27-32-16-7-3-8-17-32/h3-25,37-38,40-42H,2,26-31H2,1H3,(H,44,45)/b25-15?,36-24+/t37-,38+,40-,41+,42+/m0/s1. The fraction of sp³-hybridized carbons (Fsp3) is 0.302. The van der Waals surface area contributed by atoms with E-state index in [1.165, 1.54) is 6.08 Å². The summed E-state index contributed by atoms with van der Waals surface area (Å²) < 4.78 is 38.2. The van der Waals surface area contributed by atoms with E-state index in [2.05, 4.69) is 0 Å². The van der Waals surface area contributed by atoms with E-state index in [0.29, 0.717) is 19.8 Å². The van der Waals surface area contributed by atoms with Crippen LogP contribution in [-0.4, -0.2) is 60.8 Å². The van der Waals surface area contributed by atoms with Crippen molar-refractivity contribution in [2.24, 2.45) is 0 Å². The van der Waals surface area contributed by atoms with Crippen molar-refractivity contribution >= 4 is 11.9 Å². The van der Waals surface area contributed by atoms with Gasteiger partial charge < -0.3 is 33.5 Å². The predicted octanol–water partition coefficient (Wildman–Crippen LogP) is 7.25. The summed E-state index contributed by atoms with van der Waals surface area (Å²) in [5.41, 5.74) is 3.97. The molecule has 1 fully saturated rings. The minimum absolute atomic E-state index is 0.00635. The average molecular weight is 707 g/mol. The van der Waals surface area contributed by atoms with E-state index in [0.717, 1.165) is 22.3 Å². The van der Waals surface area contributed by atoms with Crippen molar-refractivity contribution in [1.82, 2.24) is 0 Å². The highest BCUT2D eigenvalue weighted by molar-refractivity contribution is 5.93. The number of rotatable bonds is 19. The Morgan fingerprint density at radius 1 is 0.654 bits per heavy atom. The van der Waals surface area contributed by atoms with Crippen LogP contribution in [0.1, 0.15) is 35.6 Å². The number of aliphatic carboxylic acids is 1. The van der Waals surface area contributed by atoms with Crippen LogP contribution in [0.3, 0.4) is 0 Å². The van der Waals surface area contributed by atoms with E-state index in [4.69, 9.17) is 28.4 Å². The van der Waals surface area contributed by atoms with Crippen LogP contribution in [0, 0.1) is 0 Å². The van der Waals surface area contributed by atoms with Crippen LogP contribution in [0.2, 0.25) is 0 Å². The zero-order chi connectivity index (χ0) is 36.4. The van der Waals surface area contributed by atoms with E-state index in [1.54, 1.807) is 19.1 Å². The number of esters is 1. The monoisotopic (exact) mass is 706 g/mol. The number of allylic oxidation sites excluding steroid dienone is 2. The second kappa shape index (κ2) is 20.8. The maximum Gasteiger partial charge on any atom is 0.334 e. The minimum atomic E-state index is -1.14. The third kappa shape index (κ3) is 12.1. The van der Waals surface area contributed by atoms with Crippen molar-refractivity contribution in [2.45, 2.75) is 70.3 Å². The fourth-order valence-electron chi connectivity index (χ4n) is 5.85. The summed E-state index contributed by atoms with van der Waals surface area (Å²) in [6.07, 6.45) is 1.12. The number of ether oxygens (including phenoxy) is 6. The van der Waals surface area contributed by atoms with E-state index in [-0.39, 0.29) is 25.4 Å². The molecule has 272 valence electrons. The lowest BCUT2D eigenvalue weighted by atomic mass is 9.93. The molecule has 1 N–H and O–H groups in total. The van der Waals surface area contributed by atoms with Crippen molar-refractivity contribution in [3.63, 3.8) is 0 Å². The Morgan fingerprint density at radius 2 is 1.12 bits per heavy atom. The Balaban J connectivity index is 1.50. The van der Waals surface area contributed by atoms with Gasteiger partial charge in [0, 0.05) is 5.57 Å². The van der Waals surface area contributed by atoms with Crippen molar-refractivity contribution in [3.05, 3.63) is 167 Å². The summed E-state index contributed by atoms with van der Waals surface area (Å²) in [6.45, 7) is 3.23. The van der Waals surface area contributed by atoms with Crippen LogP contribution in [-0.2, 0) is 64.4 Å². The number of hydrogen-bond donors (Lipinski definition) is 1. The molecule has 0 saturated carbocycles. The number of carbonyl (C=O) groups is 2. The fourth-order valence-corrected chi connectivity index (χ4v) is 5.85. The van der Waals surface area contributed by atoms with Gasteiger partial charge in [-0.2, -0.15) is 0 Å². The molecule has 0 radical (unpaired) electrons. The maximum atomic E-state index is 12.6. The van der Waals surface area contributed by atoms with Gasteiger partial charge in [-0.25, -0.2) is 4.79 Å². The molecule has 5 atom stereocenters. The molecule has 4 aromatic carbocycles. The van der Waals surface area contributed by atoms with E-state index in [9.17, 15) is 14.7 Å². The molecule has 0 bridgehead atoms. The molecule has 0 amide bonds. The first-order valence-corrected chi connectivity index (χ1v) is 17.5. The quantitative estimate of drug-likeness (QED) is 0.0613. The SMILES string of the molecule is CCOC(=O)/C(=C/C=C[C@@H]1O[C@H](COCc2ccccc2)[C@@H](OCc2ccccc2)[C@H](OCc2ccccc2)[C@H]1OCc1ccccc1)CC(=O)O. The molecule has 1 heterocycles. The second-order valence-corrected chi connectivity index (χ2v) is 12.3. The Morgan fingerprint density at radius 3 is 1.60 bits per heavy atom. The second-order valence-electron chi connectivity index (χ2n) is 12.3. The number of hydrogen-bond acceptors (Lipinski definition) is 8. The first-order valence-electron chi connectivity index (χ1n) is 17.5. The zero-order valence-corrected chi connectivity index (χ0v) is 29.3. The van der Waals surface area contributed by atoms with Crippen LogP contribution in [0.15, 0.2) is 145 Å². The lowest BCUT2D eigenvalue weighted by Crippen LogP contribution is -2.60. The zero-order valence-electron chi connectivity index (χ0n) is 29.3. The Labute approximate surface area is 305 Å². The van der Waals surface area contributed by atoms with E-state index < -0.39 is 48.9 Å². The smallest absolute Gasteiger partial charge is 0.334 e. The van der Waals surface area contributed by atoms with Gasteiger partial charge in [-0.1, -0.05) is 140 Å². The third-order valence-corrected chi connectivity index (χ3v) is 8.40. The lowest BCUT2D eigenvalue weighted by Gasteiger charge is -2.45. The number of carboxylic acid groups (broad SMARTS) is 1. The van der Waals surface area contributed by atoms with Crippen LogP contribution >= 0.6 is 0 Å². The van der Waals surface area contributed by atoms with E-state index in [1.807, 2.05) is 121 Å². The van der Waals surface area contributed by atoms with Crippen LogP contribution in [0.5, 0.6) is 0 Å². The van der Waals surface area contributed by atoms with Crippen LogP contribution in [0.4, 0.5) is 0 Å². The van der Waals surface area contributed by atoms with Crippen molar-refractivity contribution in [3.8, 4) is 0 Å². The molecule has 4 aromatic rings. The molecule has 9 heteroatoms. The predicted molar refractivity (Wildman–Crippen MR) is 196 cm³/mol. The largest absolute Gasteiger partial charge is 0.481 e. The Kier molecular flexibility index (Phi) is 15.4. The van der Waals surface area contributed by atoms with Gasteiger partial charge in [0.2, 0.25) is 0 Å². The molecule has 5 rings (SSSR count). The van der Waals surface area contributed by atoms with Gasteiger partial charge in [0.05, 0.1) is 46.1 Å². The summed E-state index contributed by atoms with van der Waals surface area (Å²) in [4.78, 5) is 24.2. The van der Waals surface area contributed by atoms with Gasteiger partial charge in [-0.15, -0.1) is 0 Å². The summed E-state index contributed by atoms with van der Waals surface area (Å²) in [7, 11) is 0.